The van der Waals surface area contributed by atoms with Gasteiger partial charge in [0.2, 0.25) is 0 Å². The molecule has 0 bridgehead atoms. The molecule has 2 aromatic carbocycles. The number of carbonyl (C=O) groups is 1. The maximum atomic E-state index is 8.36. The van der Waals surface area contributed by atoms with Gasteiger partial charge in [-0.3, -0.25) is 4.79 Å². The lowest BCUT2D eigenvalue weighted by Crippen LogP contribution is -2.41. The summed E-state index contributed by atoms with van der Waals surface area (Å²) in [4.78, 5) is 8.36. The predicted molar refractivity (Wildman–Crippen MR) is 111 cm³/mol. The number of fused-ring (bicyclic) bond motifs is 1. The van der Waals surface area contributed by atoms with E-state index in [1.807, 2.05) is 0 Å². The molecule has 2 aromatic rings. The highest BCUT2D eigenvalue weighted by atomic mass is 16.5. The van der Waals surface area contributed by atoms with Crippen LogP contribution < -0.4 is 10.5 Å². The Morgan fingerprint density at radius 1 is 1.11 bits per heavy atom. The zero-order valence-electron chi connectivity index (χ0n) is 16.6. The van der Waals surface area contributed by atoms with Gasteiger partial charge in [0.15, 0.2) is 0 Å². The number of hydrogen-bond donors (Lipinski definition) is 2. The molecule has 27 heavy (non-hydrogen) atoms. The largest absolute Gasteiger partial charge is 0.489 e. The zero-order chi connectivity index (χ0) is 19.7. The van der Waals surface area contributed by atoms with Crippen molar-refractivity contribution >= 4 is 17.2 Å². The van der Waals surface area contributed by atoms with E-state index < -0.39 is 0 Å². The fraction of sp³-hybridized carbons (Fsp3) is 0.522. The Morgan fingerprint density at radius 2 is 1.70 bits per heavy atom. The summed E-state index contributed by atoms with van der Waals surface area (Å²) in [7, 11) is 0. The maximum absolute atomic E-state index is 8.36. The van der Waals surface area contributed by atoms with Gasteiger partial charge in [-0.15, -0.1) is 0 Å². The molecule has 3 rings (SSSR count). The summed E-state index contributed by atoms with van der Waals surface area (Å²) in [6.07, 6.45) is 9.02. The van der Waals surface area contributed by atoms with Gasteiger partial charge < -0.3 is 15.6 Å². The molecule has 0 radical (unpaired) electrons. The van der Waals surface area contributed by atoms with Crippen molar-refractivity contribution in [1.82, 2.24) is 0 Å². The molecule has 3 N–H and O–H groups in total. The lowest BCUT2D eigenvalue weighted by Gasteiger charge is -2.32. The summed E-state index contributed by atoms with van der Waals surface area (Å²) in [5, 5.41) is 9.33. The Kier molecular flexibility index (Phi) is 8.11. The van der Waals surface area contributed by atoms with E-state index in [0.717, 1.165) is 12.2 Å². The third kappa shape index (κ3) is 6.87. The van der Waals surface area contributed by atoms with Gasteiger partial charge in [0.05, 0.1) is 0 Å². The van der Waals surface area contributed by atoms with Crippen LogP contribution in [0.5, 0.6) is 5.75 Å². The molecular weight excluding hydrogens is 338 g/mol. The average molecular weight is 372 g/mol. The molecule has 0 aromatic heterocycles. The van der Waals surface area contributed by atoms with Crippen molar-refractivity contribution < 1.29 is 14.6 Å². The standard InChI is InChI=1S/C22H31NO.CH2O2/c1-22(2,23)16-21(18-11-5-3-4-6-12-18)24-20-15-9-13-17-10-7-8-14-19(17)20;2-1-3/h7-10,13-15,18,21H,3-6,11-12,16,23H2,1-2H3;1H,(H,2,3). The second kappa shape index (κ2) is 10.3. The number of ether oxygens (including phenoxy) is 1. The SMILES string of the molecule is CC(C)(N)CC(Oc1cccc2ccccc12)C1CCCCCC1.O=CO. The summed E-state index contributed by atoms with van der Waals surface area (Å²) in [6, 6.07) is 14.8. The Morgan fingerprint density at radius 3 is 2.33 bits per heavy atom. The van der Waals surface area contributed by atoms with Crippen LogP contribution in [0.3, 0.4) is 0 Å². The summed E-state index contributed by atoms with van der Waals surface area (Å²) >= 11 is 0. The highest BCUT2D eigenvalue weighted by Gasteiger charge is 2.29. The summed E-state index contributed by atoms with van der Waals surface area (Å²) in [5.41, 5.74) is 6.16. The Labute approximate surface area is 162 Å². The monoisotopic (exact) mass is 371 g/mol. The summed E-state index contributed by atoms with van der Waals surface area (Å²) < 4.78 is 6.62. The molecule has 4 heteroatoms. The van der Waals surface area contributed by atoms with E-state index in [4.69, 9.17) is 20.4 Å². The lowest BCUT2D eigenvalue weighted by atomic mass is 9.86. The molecule has 1 saturated carbocycles. The van der Waals surface area contributed by atoms with E-state index in [1.165, 1.54) is 49.3 Å². The normalized spacial score (nSPS) is 16.7. The van der Waals surface area contributed by atoms with E-state index >= 15 is 0 Å². The molecule has 1 aliphatic carbocycles. The molecule has 0 aliphatic heterocycles. The average Bonchev–Trinajstić information content (AvgIpc) is 2.90. The van der Waals surface area contributed by atoms with Crippen LogP contribution in [-0.4, -0.2) is 23.2 Å². The van der Waals surface area contributed by atoms with E-state index in [-0.39, 0.29) is 18.1 Å². The van der Waals surface area contributed by atoms with Gasteiger partial charge in [0, 0.05) is 17.3 Å². The predicted octanol–water partition coefficient (Wildman–Crippen LogP) is 5.39. The molecule has 0 heterocycles. The van der Waals surface area contributed by atoms with Crippen molar-refractivity contribution in [3.63, 3.8) is 0 Å². The van der Waals surface area contributed by atoms with Gasteiger partial charge in [-0.25, -0.2) is 0 Å². The van der Waals surface area contributed by atoms with Crippen molar-refractivity contribution in [2.45, 2.75) is 70.4 Å². The van der Waals surface area contributed by atoms with Gasteiger partial charge in [-0.1, -0.05) is 62.1 Å². The van der Waals surface area contributed by atoms with Crippen LogP contribution in [-0.2, 0) is 4.79 Å². The highest BCUT2D eigenvalue weighted by molar-refractivity contribution is 5.88. The van der Waals surface area contributed by atoms with Crippen molar-refractivity contribution in [2.75, 3.05) is 0 Å². The van der Waals surface area contributed by atoms with Crippen molar-refractivity contribution in [1.29, 1.82) is 0 Å². The van der Waals surface area contributed by atoms with Crippen LogP contribution in [0.25, 0.3) is 10.8 Å². The van der Waals surface area contributed by atoms with Crippen LogP contribution in [0.15, 0.2) is 42.5 Å². The number of rotatable bonds is 5. The van der Waals surface area contributed by atoms with Crippen molar-refractivity contribution in [3.05, 3.63) is 42.5 Å². The Bertz CT molecular complexity index is 695. The minimum atomic E-state index is -0.250. The van der Waals surface area contributed by atoms with E-state index in [0.29, 0.717) is 5.92 Å². The summed E-state index contributed by atoms with van der Waals surface area (Å²) in [6.45, 7) is 3.98. The quantitative estimate of drug-likeness (QED) is 0.546. The zero-order valence-corrected chi connectivity index (χ0v) is 16.6. The van der Waals surface area contributed by atoms with Gasteiger partial charge in [-0.05, 0) is 44.1 Å². The van der Waals surface area contributed by atoms with Gasteiger partial charge >= 0.3 is 0 Å². The molecule has 1 unspecified atom stereocenters. The van der Waals surface area contributed by atoms with Crippen LogP contribution in [0.1, 0.15) is 58.8 Å². The smallest absolute Gasteiger partial charge is 0.290 e. The molecule has 1 atom stereocenters. The third-order valence-corrected chi connectivity index (χ3v) is 5.18. The molecule has 148 valence electrons. The van der Waals surface area contributed by atoms with Crippen LogP contribution in [0.4, 0.5) is 0 Å². The van der Waals surface area contributed by atoms with Crippen LogP contribution in [0, 0.1) is 5.92 Å². The van der Waals surface area contributed by atoms with Gasteiger partial charge in [-0.2, -0.15) is 0 Å². The topological polar surface area (TPSA) is 72.5 Å². The molecule has 0 amide bonds. The van der Waals surface area contributed by atoms with Crippen molar-refractivity contribution in [2.24, 2.45) is 11.7 Å². The van der Waals surface area contributed by atoms with Gasteiger partial charge in [0.1, 0.15) is 11.9 Å². The van der Waals surface area contributed by atoms with Crippen molar-refractivity contribution in [3.8, 4) is 5.75 Å². The van der Waals surface area contributed by atoms with E-state index in [9.17, 15) is 0 Å². The molecule has 1 aliphatic rings. The van der Waals surface area contributed by atoms with Gasteiger partial charge in [0.25, 0.3) is 6.47 Å². The molecule has 0 saturated heterocycles. The molecule has 4 nitrogen and oxygen atoms in total. The summed E-state index contributed by atoms with van der Waals surface area (Å²) in [5.74, 6) is 1.63. The minimum Gasteiger partial charge on any atom is -0.489 e. The fourth-order valence-electron chi connectivity index (χ4n) is 3.97. The number of benzene rings is 2. The second-order valence-electron chi connectivity index (χ2n) is 8.18. The number of hydrogen-bond acceptors (Lipinski definition) is 3. The van der Waals surface area contributed by atoms with Crippen LogP contribution >= 0.6 is 0 Å². The first-order valence-electron chi connectivity index (χ1n) is 9.96. The molecular formula is C23H33NO3. The maximum Gasteiger partial charge on any atom is 0.290 e. The first-order chi connectivity index (χ1) is 12.9. The lowest BCUT2D eigenvalue weighted by molar-refractivity contribution is -0.122. The Hall–Kier alpha value is -2.07. The fourth-order valence-corrected chi connectivity index (χ4v) is 3.97. The number of nitrogens with two attached hydrogens (primary N) is 1. The van der Waals surface area contributed by atoms with E-state index in [2.05, 4.69) is 56.3 Å². The molecule has 0 spiro atoms. The first-order valence-corrected chi connectivity index (χ1v) is 9.96. The molecule has 1 fully saturated rings. The highest BCUT2D eigenvalue weighted by Crippen LogP contribution is 2.34. The minimum absolute atomic E-state index is 0.203. The third-order valence-electron chi connectivity index (χ3n) is 5.18. The second-order valence-corrected chi connectivity index (χ2v) is 8.18. The Balaban J connectivity index is 0.000000817. The van der Waals surface area contributed by atoms with Crippen LogP contribution in [0.2, 0.25) is 0 Å². The first kappa shape index (κ1) is 21.2. The van der Waals surface area contributed by atoms with E-state index in [1.54, 1.807) is 0 Å². The number of carboxylic acid groups (broad SMARTS) is 1.